The Labute approximate surface area is 193 Å². The van der Waals surface area contributed by atoms with Gasteiger partial charge in [-0.1, -0.05) is 11.6 Å². The summed E-state index contributed by atoms with van der Waals surface area (Å²) in [4.78, 5) is 18.0. The quantitative estimate of drug-likeness (QED) is 0.609. The molecule has 0 radical (unpaired) electrons. The summed E-state index contributed by atoms with van der Waals surface area (Å²) in [5, 5.41) is 12.5. The summed E-state index contributed by atoms with van der Waals surface area (Å²) in [6.45, 7) is 8.69. The molecule has 2 fully saturated rings. The molecule has 8 heteroatoms. The number of aromatic nitrogens is 3. The van der Waals surface area contributed by atoms with Crippen molar-refractivity contribution in [1.29, 1.82) is 0 Å². The van der Waals surface area contributed by atoms with Crippen molar-refractivity contribution in [3.05, 3.63) is 59.0 Å². The number of rotatable bonds is 6. The molecule has 3 aromatic rings. The van der Waals surface area contributed by atoms with Gasteiger partial charge in [0.15, 0.2) is 11.5 Å². The first-order valence-corrected chi connectivity index (χ1v) is 11.8. The standard InChI is InChI=1S/C24H29ClN6O/c1-16(2)30-12-11-29(13-17-3-4-17)15-21(30)23-28-27-22-10-5-18(14-31(22)23)24(32)26-20-8-6-19(25)7-9-20/h5-10,14,16-17,21H,3-4,11-13,15H2,1-2H3,(H,26,32). The van der Waals surface area contributed by atoms with Crippen molar-refractivity contribution in [3.63, 3.8) is 0 Å². The molecule has 1 N–H and O–H groups in total. The monoisotopic (exact) mass is 452 g/mol. The first-order chi connectivity index (χ1) is 15.5. The van der Waals surface area contributed by atoms with Gasteiger partial charge in [-0.3, -0.25) is 19.0 Å². The Balaban J connectivity index is 1.42. The number of amides is 1. The van der Waals surface area contributed by atoms with E-state index in [9.17, 15) is 4.79 Å². The largest absolute Gasteiger partial charge is 0.322 e. The number of piperazine rings is 1. The molecule has 7 nitrogen and oxygen atoms in total. The molecular weight excluding hydrogens is 424 g/mol. The Morgan fingerprint density at radius 2 is 1.91 bits per heavy atom. The lowest BCUT2D eigenvalue weighted by molar-refractivity contribution is 0.0437. The SMILES string of the molecule is CC(C)N1CCN(CC2CC2)CC1c1nnc2ccc(C(=O)Nc3ccc(Cl)cc3)cn12. The second-order valence-electron chi connectivity index (χ2n) is 9.22. The minimum atomic E-state index is -0.173. The highest BCUT2D eigenvalue weighted by molar-refractivity contribution is 6.30. The lowest BCUT2D eigenvalue weighted by atomic mass is 10.1. The number of nitrogens with zero attached hydrogens (tertiary/aromatic N) is 5. The number of fused-ring (bicyclic) bond motifs is 1. The maximum atomic E-state index is 12.9. The van der Waals surface area contributed by atoms with E-state index in [1.54, 1.807) is 30.3 Å². The first-order valence-electron chi connectivity index (χ1n) is 11.4. The van der Waals surface area contributed by atoms with Gasteiger partial charge in [-0.15, -0.1) is 10.2 Å². The Hall–Kier alpha value is -2.48. The van der Waals surface area contributed by atoms with Gasteiger partial charge in [-0.25, -0.2) is 0 Å². The summed E-state index contributed by atoms with van der Waals surface area (Å²) in [6.07, 6.45) is 4.57. The van der Waals surface area contributed by atoms with E-state index in [0.717, 1.165) is 37.0 Å². The maximum Gasteiger partial charge on any atom is 0.257 e. The molecule has 1 saturated heterocycles. The predicted octanol–water partition coefficient (Wildman–Crippen LogP) is 4.11. The summed E-state index contributed by atoms with van der Waals surface area (Å²) >= 11 is 5.95. The van der Waals surface area contributed by atoms with E-state index in [4.69, 9.17) is 11.6 Å². The van der Waals surface area contributed by atoms with Crippen LogP contribution in [0.2, 0.25) is 5.02 Å². The maximum absolute atomic E-state index is 12.9. The van der Waals surface area contributed by atoms with Crippen LogP contribution in [0, 0.1) is 5.92 Å². The zero-order valence-electron chi connectivity index (χ0n) is 18.5. The number of benzene rings is 1. The highest BCUT2D eigenvalue weighted by Crippen LogP contribution is 2.33. The average molecular weight is 453 g/mol. The lowest BCUT2D eigenvalue weighted by Gasteiger charge is -2.42. The van der Waals surface area contributed by atoms with Gasteiger partial charge in [-0.05, 0) is 69.0 Å². The van der Waals surface area contributed by atoms with Gasteiger partial charge in [0, 0.05) is 49.1 Å². The van der Waals surface area contributed by atoms with Crippen LogP contribution in [-0.4, -0.2) is 62.5 Å². The molecule has 1 aromatic carbocycles. The van der Waals surface area contributed by atoms with Gasteiger partial charge in [0.05, 0.1) is 11.6 Å². The Morgan fingerprint density at radius 1 is 1.12 bits per heavy atom. The number of carbonyl (C=O) groups excluding carboxylic acids is 1. The molecule has 0 spiro atoms. The van der Waals surface area contributed by atoms with Gasteiger partial charge in [0.2, 0.25) is 0 Å². The zero-order valence-corrected chi connectivity index (χ0v) is 19.3. The zero-order chi connectivity index (χ0) is 22.2. The van der Waals surface area contributed by atoms with E-state index >= 15 is 0 Å². The number of halogens is 1. The fraction of sp³-hybridized carbons (Fsp3) is 0.458. The third kappa shape index (κ3) is 4.51. The van der Waals surface area contributed by atoms with E-state index < -0.39 is 0 Å². The van der Waals surface area contributed by atoms with Gasteiger partial charge in [0.1, 0.15) is 0 Å². The smallest absolute Gasteiger partial charge is 0.257 e. The predicted molar refractivity (Wildman–Crippen MR) is 126 cm³/mol. The average Bonchev–Trinajstić information content (AvgIpc) is 3.50. The molecule has 2 aromatic heterocycles. The summed E-state index contributed by atoms with van der Waals surface area (Å²) < 4.78 is 1.98. The van der Waals surface area contributed by atoms with Gasteiger partial charge in [0.25, 0.3) is 5.91 Å². The lowest BCUT2D eigenvalue weighted by Crippen LogP contribution is -2.51. The van der Waals surface area contributed by atoms with Crippen molar-refractivity contribution in [2.45, 2.75) is 38.8 Å². The molecule has 1 unspecified atom stereocenters. The topological polar surface area (TPSA) is 65.8 Å². The molecule has 1 aliphatic heterocycles. The number of nitrogens with one attached hydrogen (secondary N) is 1. The van der Waals surface area contributed by atoms with Gasteiger partial charge in [-0.2, -0.15) is 0 Å². The minimum Gasteiger partial charge on any atom is -0.322 e. The molecule has 32 heavy (non-hydrogen) atoms. The summed E-state index contributed by atoms with van der Waals surface area (Å²) in [7, 11) is 0. The van der Waals surface area contributed by atoms with Crippen molar-refractivity contribution in [2.24, 2.45) is 5.92 Å². The van der Waals surface area contributed by atoms with Crippen LogP contribution < -0.4 is 5.32 Å². The summed E-state index contributed by atoms with van der Waals surface area (Å²) in [5.41, 5.74) is 2.03. The molecule has 1 amide bonds. The van der Waals surface area contributed by atoms with Crippen molar-refractivity contribution in [3.8, 4) is 0 Å². The van der Waals surface area contributed by atoms with E-state index in [-0.39, 0.29) is 11.9 Å². The highest BCUT2D eigenvalue weighted by Gasteiger charge is 2.35. The molecule has 1 atom stereocenters. The van der Waals surface area contributed by atoms with E-state index in [1.165, 1.54) is 19.4 Å². The number of hydrogen-bond acceptors (Lipinski definition) is 5. The third-order valence-corrected chi connectivity index (χ3v) is 6.73. The Kier molecular flexibility index (Phi) is 5.88. The van der Waals surface area contributed by atoms with Crippen LogP contribution in [-0.2, 0) is 0 Å². The Bertz CT molecular complexity index is 1110. The van der Waals surface area contributed by atoms with Crippen molar-refractivity contribution < 1.29 is 4.79 Å². The van der Waals surface area contributed by atoms with Crippen molar-refractivity contribution >= 4 is 28.8 Å². The summed E-state index contributed by atoms with van der Waals surface area (Å²) in [5.74, 6) is 1.59. The van der Waals surface area contributed by atoms with E-state index in [1.807, 2.05) is 16.7 Å². The second-order valence-corrected chi connectivity index (χ2v) is 9.65. The van der Waals surface area contributed by atoms with Crippen LogP contribution >= 0.6 is 11.6 Å². The van der Waals surface area contributed by atoms with E-state index in [0.29, 0.717) is 22.3 Å². The normalized spacial score (nSPS) is 20.2. The fourth-order valence-electron chi connectivity index (χ4n) is 4.54. The molecule has 1 aliphatic carbocycles. The third-order valence-electron chi connectivity index (χ3n) is 6.47. The number of carbonyl (C=O) groups is 1. The number of hydrogen-bond donors (Lipinski definition) is 1. The van der Waals surface area contributed by atoms with Crippen LogP contribution in [0.5, 0.6) is 0 Å². The van der Waals surface area contributed by atoms with Gasteiger partial charge < -0.3 is 5.32 Å². The minimum absolute atomic E-state index is 0.145. The van der Waals surface area contributed by atoms with Crippen molar-refractivity contribution in [1.82, 2.24) is 24.4 Å². The molecule has 3 heterocycles. The molecule has 2 aliphatic rings. The van der Waals surface area contributed by atoms with Crippen LogP contribution in [0.15, 0.2) is 42.6 Å². The van der Waals surface area contributed by atoms with Crippen LogP contribution in [0.4, 0.5) is 5.69 Å². The second kappa shape index (κ2) is 8.81. The van der Waals surface area contributed by atoms with Crippen LogP contribution in [0.25, 0.3) is 5.65 Å². The first kappa shape index (κ1) is 21.4. The van der Waals surface area contributed by atoms with Crippen molar-refractivity contribution in [2.75, 3.05) is 31.5 Å². The number of anilines is 1. The van der Waals surface area contributed by atoms with Crippen LogP contribution in [0.1, 0.15) is 48.9 Å². The highest BCUT2D eigenvalue weighted by atomic mass is 35.5. The van der Waals surface area contributed by atoms with Gasteiger partial charge >= 0.3 is 0 Å². The molecule has 168 valence electrons. The molecule has 1 saturated carbocycles. The Morgan fingerprint density at radius 3 is 2.62 bits per heavy atom. The number of pyridine rings is 1. The molecule has 5 rings (SSSR count). The molecule has 0 bridgehead atoms. The molecular formula is C24H29ClN6O. The van der Waals surface area contributed by atoms with E-state index in [2.05, 4.69) is 39.2 Å². The fourth-order valence-corrected chi connectivity index (χ4v) is 4.67. The van der Waals surface area contributed by atoms with Crippen LogP contribution in [0.3, 0.4) is 0 Å². The summed E-state index contributed by atoms with van der Waals surface area (Å²) in [6, 6.07) is 11.3.